The van der Waals surface area contributed by atoms with E-state index in [2.05, 4.69) is 0 Å². The first-order chi connectivity index (χ1) is 9.13. The molecule has 0 radical (unpaired) electrons. The lowest BCUT2D eigenvalue weighted by Crippen LogP contribution is -2.29. The van der Waals surface area contributed by atoms with Crippen molar-refractivity contribution in [3.8, 4) is 11.8 Å². The summed E-state index contributed by atoms with van der Waals surface area (Å²) in [6, 6.07) is 4.80. The lowest BCUT2D eigenvalue weighted by atomic mass is 10.2. The van der Waals surface area contributed by atoms with E-state index in [4.69, 9.17) is 20.5 Å². The SMILES string of the molecule is COCCN(CCC#N)c1cc(OC)c(N)cc1F. The van der Waals surface area contributed by atoms with Gasteiger partial charge in [-0.2, -0.15) is 5.26 Å². The van der Waals surface area contributed by atoms with Crippen LogP contribution in [0.5, 0.6) is 5.75 Å². The Morgan fingerprint density at radius 2 is 2.11 bits per heavy atom. The van der Waals surface area contributed by atoms with E-state index in [0.29, 0.717) is 37.6 Å². The fourth-order valence-corrected chi connectivity index (χ4v) is 1.72. The van der Waals surface area contributed by atoms with E-state index in [1.54, 1.807) is 12.0 Å². The van der Waals surface area contributed by atoms with E-state index in [1.807, 2.05) is 6.07 Å². The second-order valence-corrected chi connectivity index (χ2v) is 3.93. The lowest BCUT2D eigenvalue weighted by Gasteiger charge is -2.24. The summed E-state index contributed by atoms with van der Waals surface area (Å²) in [5.74, 6) is -0.0249. The second kappa shape index (κ2) is 7.44. The van der Waals surface area contributed by atoms with Crippen molar-refractivity contribution in [3.05, 3.63) is 17.9 Å². The molecule has 1 aromatic carbocycles. The van der Waals surface area contributed by atoms with Crippen LogP contribution in [-0.2, 0) is 4.74 Å². The fraction of sp³-hybridized carbons (Fsp3) is 0.462. The molecular weight excluding hydrogens is 249 g/mol. The van der Waals surface area contributed by atoms with Gasteiger partial charge in [-0.3, -0.25) is 0 Å². The monoisotopic (exact) mass is 267 g/mol. The minimum absolute atomic E-state index is 0.246. The molecule has 6 heteroatoms. The van der Waals surface area contributed by atoms with Crippen LogP contribution in [0.15, 0.2) is 12.1 Å². The van der Waals surface area contributed by atoms with Crippen molar-refractivity contribution in [2.75, 3.05) is 44.5 Å². The minimum Gasteiger partial charge on any atom is -0.495 e. The van der Waals surface area contributed by atoms with Crippen molar-refractivity contribution >= 4 is 11.4 Å². The van der Waals surface area contributed by atoms with Crippen molar-refractivity contribution in [1.29, 1.82) is 5.26 Å². The van der Waals surface area contributed by atoms with Crippen LogP contribution < -0.4 is 15.4 Å². The molecule has 0 spiro atoms. The molecular formula is C13H18FN3O2. The number of methoxy groups -OCH3 is 2. The fourth-order valence-electron chi connectivity index (χ4n) is 1.72. The standard InChI is InChI=1S/C13H18FN3O2/c1-18-7-6-17(5-3-4-15)12-9-13(19-2)11(16)8-10(12)14/h8-9H,3,5-7,16H2,1-2H3. The molecule has 0 aliphatic heterocycles. The highest BCUT2D eigenvalue weighted by Gasteiger charge is 2.14. The maximum Gasteiger partial charge on any atom is 0.148 e. The van der Waals surface area contributed by atoms with Gasteiger partial charge in [0.1, 0.15) is 11.6 Å². The normalized spacial score (nSPS) is 10.0. The first-order valence-corrected chi connectivity index (χ1v) is 5.87. The van der Waals surface area contributed by atoms with Crippen molar-refractivity contribution < 1.29 is 13.9 Å². The molecule has 0 aliphatic rings. The maximum atomic E-state index is 14.0. The van der Waals surface area contributed by atoms with Crippen LogP contribution in [0.2, 0.25) is 0 Å². The molecule has 0 fully saturated rings. The average molecular weight is 267 g/mol. The second-order valence-electron chi connectivity index (χ2n) is 3.93. The van der Waals surface area contributed by atoms with Crippen LogP contribution >= 0.6 is 0 Å². The van der Waals surface area contributed by atoms with E-state index < -0.39 is 5.82 Å². The Morgan fingerprint density at radius 1 is 1.37 bits per heavy atom. The van der Waals surface area contributed by atoms with Crippen molar-refractivity contribution in [1.82, 2.24) is 0 Å². The van der Waals surface area contributed by atoms with Gasteiger partial charge >= 0.3 is 0 Å². The number of hydrogen-bond acceptors (Lipinski definition) is 5. The molecule has 2 N–H and O–H groups in total. The Labute approximate surface area is 112 Å². The minimum atomic E-state index is -0.438. The number of hydrogen-bond donors (Lipinski definition) is 1. The van der Waals surface area contributed by atoms with Crippen LogP contribution in [-0.4, -0.2) is 33.9 Å². The number of nitrogens with two attached hydrogens (primary N) is 1. The van der Waals surface area contributed by atoms with Gasteiger partial charge in [0.15, 0.2) is 0 Å². The van der Waals surface area contributed by atoms with E-state index >= 15 is 0 Å². The van der Waals surface area contributed by atoms with Crippen molar-refractivity contribution in [2.45, 2.75) is 6.42 Å². The van der Waals surface area contributed by atoms with Gasteiger partial charge in [0, 0.05) is 32.3 Å². The average Bonchev–Trinajstić information content (AvgIpc) is 2.40. The molecule has 0 unspecified atom stereocenters. The van der Waals surface area contributed by atoms with Gasteiger partial charge in [-0.25, -0.2) is 4.39 Å². The summed E-state index contributed by atoms with van der Waals surface area (Å²) in [6.07, 6.45) is 0.301. The van der Waals surface area contributed by atoms with Crippen LogP contribution in [0.3, 0.4) is 0 Å². The Balaban J connectivity index is 3.02. The molecule has 1 rings (SSSR count). The smallest absolute Gasteiger partial charge is 0.148 e. The van der Waals surface area contributed by atoms with E-state index in [0.717, 1.165) is 0 Å². The largest absolute Gasteiger partial charge is 0.495 e. The molecule has 0 heterocycles. The predicted octanol–water partition coefficient (Wildman–Crippen LogP) is 1.78. The molecule has 19 heavy (non-hydrogen) atoms. The number of nitrogens with zero attached hydrogens (tertiary/aromatic N) is 2. The summed E-state index contributed by atoms with van der Waals surface area (Å²) in [7, 11) is 3.05. The van der Waals surface area contributed by atoms with E-state index in [1.165, 1.54) is 19.2 Å². The molecule has 0 aliphatic carbocycles. The topological polar surface area (TPSA) is 71.5 Å². The van der Waals surface area contributed by atoms with Gasteiger partial charge in [0.25, 0.3) is 0 Å². The van der Waals surface area contributed by atoms with Gasteiger partial charge in [-0.15, -0.1) is 0 Å². The van der Waals surface area contributed by atoms with E-state index in [-0.39, 0.29) is 5.69 Å². The molecule has 0 atom stereocenters. The predicted molar refractivity (Wildman–Crippen MR) is 71.7 cm³/mol. The van der Waals surface area contributed by atoms with Crippen molar-refractivity contribution in [2.24, 2.45) is 0 Å². The Morgan fingerprint density at radius 3 is 2.68 bits per heavy atom. The molecule has 0 aromatic heterocycles. The molecule has 0 saturated carbocycles. The van der Waals surface area contributed by atoms with Crippen molar-refractivity contribution in [3.63, 3.8) is 0 Å². The first kappa shape index (κ1) is 15.1. The molecule has 5 nitrogen and oxygen atoms in total. The zero-order valence-corrected chi connectivity index (χ0v) is 11.1. The van der Waals surface area contributed by atoms with Gasteiger partial charge in [0.05, 0.1) is 37.6 Å². The first-order valence-electron chi connectivity index (χ1n) is 5.87. The summed E-state index contributed by atoms with van der Waals surface area (Å²) >= 11 is 0. The van der Waals surface area contributed by atoms with Gasteiger partial charge < -0.3 is 20.1 Å². The third kappa shape index (κ3) is 4.00. The number of nitriles is 1. The highest BCUT2D eigenvalue weighted by molar-refractivity contribution is 5.63. The molecule has 0 amide bonds. The summed E-state index contributed by atoms with van der Waals surface area (Å²) in [5.41, 5.74) is 6.25. The highest BCUT2D eigenvalue weighted by Crippen LogP contribution is 2.30. The number of anilines is 2. The van der Waals surface area contributed by atoms with E-state index in [9.17, 15) is 4.39 Å². The molecule has 0 saturated heterocycles. The Kier molecular flexibility index (Phi) is 5.90. The molecule has 104 valence electrons. The highest BCUT2D eigenvalue weighted by atomic mass is 19.1. The summed E-state index contributed by atoms with van der Waals surface area (Å²) in [5, 5.41) is 8.66. The lowest BCUT2D eigenvalue weighted by molar-refractivity contribution is 0.205. The number of ether oxygens (including phenoxy) is 2. The third-order valence-electron chi connectivity index (χ3n) is 2.70. The van der Waals surface area contributed by atoms with Crippen LogP contribution in [0, 0.1) is 17.1 Å². The maximum absolute atomic E-state index is 14.0. The zero-order valence-electron chi connectivity index (χ0n) is 11.1. The summed E-state index contributed by atoms with van der Waals surface area (Å²) in [6.45, 7) is 1.35. The van der Waals surface area contributed by atoms with Gasteiger partial charge in [-0.1, -0.05) is 0 Å². The number of halogens is 1. The molecule has 1 aromatic rings. The number of benzene rings is 1. The number of nitrogen functional groups attached to an aromatic ring is 1. The summed E-state index contributed by atoms with van der Waals surface area (Å²) in [4.78, 5) is 1.74. The van der Waals surface area contributed by atoms with Gasteiger partial charge in [-0.05, 0) is 0 Å². The zero-order chi connectivity index (χ0) is 14.3. The molecule has 0 bridgehead atoms. The Bertz CT molecular complexity index is 460. The summed E-state index contributed by atoms with van der Waals surface area (Å²) < 4.78 is 24.0. The van der Waals surface area contributed by atoms with Crippen LogP contribution in [0.25, 0.3) is 0 Å². The van der Waals surface area contributed by atoms with Crippen LogP contribution in [0.4, 0.5) is 15.8 Å². The van der Waals surface area contributed by atoms with Gasteiger partial charge in [0.2, 0.25) is 0 Å². The van der Waals surface area contributed by atoms with Crippen LogP contribution in [0.1, 0.15) is 6.42 Å². The third-order valence-corrected chi connectivity index (χ3v) is 2.70. The Hall–Kier alpha value is -2.00. The quantitative estimate of drug-likeness (QED) is 0.762. The number of rotatable bonds is 7.